The third-order valence-electron chi connectivity index (χ3n) is 5.89. The first-order valence-electron chi connectivity index (χ1n) is 10.6. The van der Waals surface area contributed by atoms with Gasteiger partial charge in [-0.1, -0.05) is 83.9 Å². The van der Waals surface area contributed by atoms with Gasteiger partial charge >= 0.3 is 0 Å². The molecule has 0 saturated carbocycles. The Morgan fingerprint density at radius 3 is 2.30 bits per heavy atom. The van der Waals surface area contributed by atoms with Gasteiger partial charge in [0.05, 0.1) is 11.3 Å². The quantitative estimate of drug-likeness (QED) is 0.359. The molecule has 2 amide bonds. The Kier molecular flexibility index (Phi) is 5.23. The first kappa shape index (κ1) is 21.0. The molecular weight excluding hydrogens is 432 g/mol. The number of halogens is 1. The van der Waals surface area contributed by atoms with Crippen LogP contribution in [0.1, 0.15) is 16.7 Å². The lowest BCUT2D eigenvalue weighted by Gasteiger charge is -2.18. The van der Waals surface area contributed by atoms with Crippen LogP contribution in [0.15, 0.2) is 90.6 Å². The molecule has 4 aromatic rings. The molecule has 4 nitrogen and oxygen atoms in total. The first-order valence-corrected chi connectivity index (χ1v) is 11.0. The van der Waals surface area contributed by atoms with E-state index < -0.39 is 5.91 Å². The van der Waals surface area contributed by atoms with Crippen molar-refractivity contribution in [3.8, 4) is 0 Å². The number of amides is 2. The smallest absolute Gasteiger partial charge is 0.282 e. The van der Waals surface area contributed by atoms with Crippen LogP contribution in [0.25, 0.3) is 16.3 Å². The van der Waals surface area contributed by atoms with Crippen molar-refractivity contribution < 1.29 is 9.59 Å². The largest absolute Gasteiger partial charge is 0.350 e. The van der Waals surface area contributed by atoms with Crippen molar-refractivity contribution in [1.29, 1.82) is 0 Å². The summed E-state index contributed by atoms with van der Waals surface area (Å²) in [7, 11) is 0. The van der Waals surface area contributed by atoms with Crippen LogP contribution < -0.4 is 10.2 Å². The maximum atomic E-state index is 13.8. The molecule has 162 valence electrons. The Morgan fingerprint density at radius 1 is 0.788 bits per heavy atom. The minimum absolute atomic E-state index is 0.238. The van der Waals surface area contributed by atoms with Crippen molar-refractivity contribution in [1.82, 2.24) is 0 Å². The number of nitrogens with one attached hydrogen (secondary N) is 1. The van der Waals surface area contributed by atoms with E-state index in [0.29, 0.717) is 27.5 Å². The highest BCUT2D eigenvalue weighted by molar-refractivity contribution is 6.47. The zero-order valence-electron chi connectivity index (χ0n) is 18.2. The molecule has 1 heterocycles. The van der Waals surface area contributed by atoms with Gasteiger partial charge in [-0.25, -0.2) is 4.90 Å². The second kappa shape index (κ2) is 8.23. The molecule has 4 aromatic carbocycles. The molecule has 0 fully saturated rings. The number of anilines is 2. The highest BCUT2D eigenvalue weighted by Crippen LogP contribution is 2.37. The van der Waals surface area contributed by atoms with E-state index in [2.05, 4.69) is 5.32 Å². The SMILES string of the molecule is Cc1ccc(C2=C(Nc3cc(Cl)ccc3C)C(=O)N(c3cccc4ccccc34)C2=O)cc1. The number of carbonyl (C=O) groups excluding carboxylic acids is 2. The van der Waals surface area contributed by atoms with Crippen molar-refractivity contribution in [3.05, 3.63) is 112 Å². The Balaban J connectivity index is 1.68. The van der Waals surface area contributed by atoms with Crippen LogP contribution >= 0.6 is 11.6 Å². The summed E-state index contributed by atoms with van der Waals surface area (Å²) >= 11 is 6.21. The topological polar surface area (TPSA) is 49.4 Å². The monoisotopic (exact) mass is 452 g/mol. The van der Waals surface area contributed by atoms with Gasteiger partial charge in [0.1, 0.15) is 5.70 Å². The fourth-order valence-corrected chi connectivity index (χ4v) is 4.29. The van der Waals surface area contributed by atoms with E-state index in [1.807, 2.05) is 80.6 Å². The van der Waals surface area contributed by atoms with Crippen LogP contribution in [0.4, 0.5) is 11.4 Å². The van der Waals surface area contributed by atoms with E-state index in [4.69, 9.17) is 11.6 Å². The van der Waals surface area contributed by atoms with Gasteiger partial charge in [-0.15, -0.1) is 0 Å². The van der Waals surface area contributed by atoms with Gasteiger partial charge in [0.25, 0.3) is 11.8 Å². The number of rotatable bonds is 4. The highest BCUT2D eigenvalue weighted by Gasteiger charge is 2.41. The zero-order chi connectivity index (χ0) is 23.1. The molecule has 33 heavy (non-hydrogen) atoms. The maximum absolute atomic E-state index is 13.8. The van der Waals surface area contributed by atoms with E-state index in [1.54, 1.807) is 18.2 Å². The summed E-state index contributed by atoms with van der Waals surface area (Å²) in [5.41, 5.74) is 4.50. The summed E-state index contributed by atoms with van der Waals surface area (Å²) in [5, 5.41) is 5.57. The van der Waals surface area contributed by atoms with Crippen LogP contribution in [0.3, 0.4) is 0 Å². The number of hydrogen-bond acceptors (Lipinski definition) is 3. The second-order valence-corrected chi connectivity index (χ2v) is 8.58. The lowest BCUT2D eigenvalue weighted by molar-refractivity contribution is -0.120. The molecule has 5 heteroatoms. The summed E-state index contributed by atoms with van der Waals surface area (Å²) in [6.07, 6.45) is 0. The Bertz CT molecular complexity index is 1450. The zero-order valence-corrected chi connectivity index (χ0v) is 19.0. The Labute approximate surface area is 197 Å². The van der Waals surface area contributed by atoms with Crippen molar-refractivity contribution in [2.24, 2.45) is 0 Å². The number of fused-ring (bicyclic) bond motifs is 1. The van der Waals surface area contributed by atoms with Gasteiger partial charge < -0.3 is 5.32 Å². The van der Waals surface area contributed by atoms with Gasteiger partial charge in [-0.3, -0.25) is 9.59 Å². The normalized spacial score (nSPS) is 13.8. The first-order chi connectivity index (χ1) is 15.9. The molecule has 5 rings (SSSR count). The van der Waals surface area contributed by atoms with Crippen molar-refractivity contribution in [3.63, 3.8) is 0 Å². The standard InChI is InChI=1S/C28H21ClN2O2/c1-17-10-13-20(14-11-17)25-26(30-23-16-21(29)15-12-18(23)2)28(33)31(27(25)32)24-9-5-7-19-6-3-4-8-22(19)24/h3-16,30H,1-2H3. The molecule has 1 aliphatic heterocycles. The van der Waals surface area contributed by atoms with Gasteiger partial charge in [0.2, 0.25) is 0 Å². The Morgan fingerprint density at radius 2 is 1.52 bits per heavy atom. The number of aryl methyl sites for hydroxylation is 2. The predicted molar refractivity (Wildman–Crippen MR) is 134 cm³/mol. The van der Waals surface area contributed by atoms with Crippen LogP contribution in [0, 0.1) is 13.8 Å². The molecule has 0 bridgehead atoms. The number of nitrogens with zero attached hydrogens (tertiary/aromatic N) is 1. The van der Waals surface area contributed by atoms with Crippen molar-refractivity contribution >= 4 is 51.1 Å². The highest BCUT2D eigenvalue weighted by atomic mass is 35.5. The lowest BCUT2D eigenvalue weighted by Crippen LogP contribution is -2.32. The van der Waals surface area contributed by atoms with E-state index >= 15 is 0 Å². The van der Waals surface area contributed by atoms with E-state index in [0.717, 1.165) is 21.9 Å². The maximum Gasteiger partial charge on any atom is 0.282 e. The fraction of sp³-hybridized carbons (Fsp3) is 0.0714. The molecule has 1 aliphatic rings. The summed E-state index contributed by atoms with van der Waals surface area (Å²) in [5.74, 6) is -0.756. The van der Waals surface area contributed by atoms with E-state index in [1.165, 1.54) is 4.90 Å². The molecule has 0 aromatic heterocycles. The summed E-state index contributed by atoms with van der Waals surface area (Å²) in [4.78, 5) is 28.8. The van der Waals surface area contributed by atoms with Crippen LogP contribution in [0.5, 0.6) is 0 Å². The fourth-order valence-electron chi connectivity index (χ4n) is 4.12. The minimum Gasteiger partial charge on any atom is -0.350 e. The second-order valence-electron chi connectivity index (χ2n) is 8.14. The molecule has 0 radical (unpaired) electrons. The van der Waals surface area contributed by atoms with Gasteiger partial charge in [0, 0.05) is 16.1 Å². The third-order valence-corrected chi connectivity index (χ3v) is 6.13. The summed E-state index contributed by atoms with van der Waals surface area (Å²) < 4.78 is 0. The predicted octanol–water partition coefficient (Wildman–Crippen LogP) is 6.51. The Hall–Kier alpha value is -3.89. The van der Waals surface area contributed by atoms with Gasteiger partial charge in [-0.05, 0) is 48.6 Å². The van der Waals surface area contributed by atoms with Crippen molar-refractivity contribution in [2.45, 2.75) is 13.8 Å². The number of benzene rings is 4. The molecule has 0 unspecified atom stereocenters. The number of hydrogen-bond donors (Lipinski definition) is 1. The lowest BCUT2D eigenvalue weighted by atomic mass is 10.0. The molecule has 1 N–H and O–H groups in total. The third kappa shape index (κ3) is 3.69. The summed E-state index contributed by atoms with van der Waals surface area (Å²) in [6.45, 7) is 3.91. The summed E-state index contributed by atoms with van der Waals surface area (Å²) in [6, 6.07) is 26.4. The van der Waals surface area contributed by atoms with Crippen LogP contribution in [-0.4, -0.2) is 11.8 Å². The molecule has 0 aliphatic carbocycles. The average molecular weight is 453 g/mol. The number of carbonyl (C=O) groups is 2. The average Bonchev–Trinajstić information content (AvgIpc) is 3.05. The van der Waals surface area contributed by atoms with Gasteiger partial charge in [-0.2, -0.15) is 0 Å². The van der Waals surface area contributed by atoms with E-state index in [9.17, 15) is 9.59 Å². The van der Waals surface area contributed by atoms with Crippen LogP contribution in [-0.2, 0) is 9.59 Å². The number of imide groups is 1. The van der Waals surface area contributed by atoms with Crippen molar-refractivity contribution in [2.75, 3.05) is 10.2 Å². The molecular formula is C28H21ClN2O2. The molecule has 0 atom stereocenters. The minimum atomic E-state index is -0.397. The molecule has 0 spiro atoms. The van der Waals surface area contributed by atoms with Crippen LogP contribution in [0.2, 0.25) is 5.02 Å². The molecule has 0 saturated heterocycles. The van der Waals surface area contributed by atoms with Gasteiger partial charge in [0.15, 0.2) is 0 Å². The van der Waals surface area contributed by atoms with E-state index in [-0.39, 0.29) is 11.6 Å².